The third-order valence-corrected chi connectivity index (χ3v) is 5.95. The smallest absolute Gasteiger partial charge is 0.141 e. The maximum Gasteiger partial charge on any atom is 0.141 e. The number of pyridine rings is 1. The summed E-state index contributed by atoms with van der Waals surface area (Å²) >= 11 is 3.72. The van der Waals surface area contributed by atoms with Crippen LogP contribution in [0.1, 0.15) is 31.2 Å². The maximum absolute atomic E-state index is 6.24. The van der Waals surface area contributed by atoms with Crippen molar-refractivity contribution in [2.75, 3.05) is 29.9 Å². The zero-order valence-electron chi connectivity index (χ0n) is 15.6. The van der Waals surface area contributed by atoms with E-state index >= 15 is 0 Å². The molecule has 142 valence electrons. The molecule has 4 rings (SSSR count). The minimum Gasteiger partial charge on any atom is -0.383 e. The molecule has 6 heteroatoms. The number of aromatic amines is 1. The summed E-state index contributed by atoms with van der Waals surface area (Å²) in [5.41, 5.74) is 10.8. The van der Waals surface area contributed by atoms with Gasteiger partial charge in [0.05, 0.1) is 21.2 Å². The van der Waals surface area contributed by atoms with Crippen LogP contribution >= 0.6 is 15.9 Å². The van der Waals surface area contributed by atoms with Gasteiger partial charge < -0.3 is 20.9 Å². The fourth-order valence-electron chi connectivity index (χ4n) is 3.88. The van der Waals surface area contributed by atoms with Gasteiger partial charge in [0.2, 0.25) is 0 Å². The predicted molar refractivity (Wildman–Crippen MR) is 117 cm³/mol. The van der Waals surface area contributed by atoms with Crippen LogP contribution in [0.4, 0.5) is 11.4 Å². The third-order valence-electron chi connectivity index (χ3n) is 5.37. The monoisotopic (exact) mass is 427 g/mol. The molecule has 0 radical (unpaired) electrons. The number of nitrogens with one attached hydrogen (secondary N) is 2. The maximum atomic E-state index is 6.24. The Morgan fingerprint density at radius 3 is 2.96 bits per heavy atom. The van der Waals surface area contributed by atoms with Crippen molar-refractivity contribution < 1.29 is 0 Å². The second-order valence-electron chi connectivity index (χ2n) is 7.42. The van der Waals surface area contributed by atoms with Crippen LogP contribution in [0.5, 0.6) is 0 Å². The number of H-pyrrole nitrogens is 1. The van der Waals surface area contributed by atoms with Crippen molar-refractivity contribution in [1.82, 2.24) is 9.97 Å². The standard InChI is InChI=1S/C21H26BrN5/c1-14(15-6-3-2-4-7-15)10-24-18-12-26-21-19(18)20(17(22)11-25-21)27-9-5-8-16(23)13-27/h2-4,6-7,11-12,14,16,24H,5,8-10,13,23H2,1H3,(H,25,26)/t14?,16-/m1/s1. The first-order valence-electron chi connectivity index (χ1n) is 9.58. The summed E-state index contributed by atoms with van der Waals surface area (Å²) in [5.74, 6) is 0.420. The molecule has 4 N–H and O–H groups in total. The first-order chi connectivity index (χ1) is 13.1. The number of benzene rings is 1. The fourth-order valence-corrected chi connectivity index (χ4v) is 4.43. The Labute approximate surface area is 168 Å². The summed E-state index contributed by atoms with van der Waals surface area (Å²) in [6.07, 6.45) is 6.12. The number of hydrogen-bond donors (Lipinski definition) is 3. The average molecular weight is 428 g/mol. The summed E-state index contributed by atoms with van der Waals surface area (Å²) in [6, 6.07) is 10.8. The molecule has 5 nitrogen and oxygen atoms in total. The highest BCUT2D eigenvalue weighted by Crippen LogP contribution is 2.39. The number of hydrogen-bond acceptors (Lipinski definition) is 4. The Hall–Kier alpha value is -2.05. The Morgan fingerprint density at radius 1 is 1.37 bits per heavy atom. The molecule has 0 aliphatic carbocycles. The topological polar surface area (TPSA) is 70.0 Å². The molecule has 2 atom stereocenters. The van der Waals surface area contributed by atoms with Gasteiger partial charge in [-0.05, 0) is 40.3 Å². The lowest BCUT2D eigenvalue weighted by molar-refractivity contribution is 0.506. The van der Waals surface area contributed by atoms with Gasteiger partial charge in [0.1, 0.15) is 5.65 Å². The molecular formula is C21H26BrN5. The molecule has 0 saturated carbocycles. The summed E-state index contributed by atoms with van der Waals surface area (Å²) in [4.78, 5) is 10.3. The molecule has 1 saturated heterocycles. The summed E-state index contributed by atoms with van der Waals surface area (Å²) < 4.78 is 1.02. The second-order valence-corrected chi connectivity index (χ2v) is 8.28. The molecule has 3 heterocycles. The quantitative estimate of drug-likeness (QED) is 0.561. The molecule has 1 aliphatic heterocycles. The lowest BCUT2D eigenvalue weighted by atomic mass is 10.0. The highest BCUT2D eigenvalue weighted by molar-refractivity contribution is 9.10. The zero-order valence-corrected chi connectivity index (χ0v) is 17.2. The first kappa shape index (κ1) is 18.3. The van der Waals surface area contributed by atoms with Crippen LogP contribution in [0.2, 0.25) is 0 Å². The van der Waals surface area contributed by atoms with Crippen LogP contribution in [-0.2, 0) is 0 Å². The lowest BCUT2D eigenvalue weighted by Crippen LogP contribution is -2.43. The zero-order chi connectivity index (χ0) is 18.8. The molecule has 3 aromatic rings. The van der Waals surface area contributed by atoms with Crippen LogP contribution in [0.15, 0.2) is 47.2 Å². The van der Waals surface area contributed by atoms with Crippen molar-refractivity contribution in [2.24, 2.45) is 5.73 Å². The van der Waals surface area contributed by atoms with Gasteiger partial charge >= 0.3 is 0 Å². The van der Waals surface area contributed by atoms with Gasteiger partial charge in [-0.2, -0.15) is 0 Å². The SMILES string of the molecule is CC(CNc1c[nH]c2ncc(Br)c(N3CCC[C@@H](N)C3)c12)c1ccccc1. The number of piperidine rings is 1. The van der Waals surface area contributed by atoms with Crippen LogP contribution in [0, 0.1) is 0 Å². The molecule has 27 heavy (non-hydrogen) atoms. The molecule has 0 spiro atoms. The largest absolute Gasteiger partial charge is 0.383 e. The van der Waals surface area contributed by atoms with E-state index in [4.69, 9.17) is 5.73 Å². The van der Waals surface area contributed by atoms with Crippen molar-refractivity contribution in [2.45, 2.75) is 31.7 Å². The van der Waals surface area contributed by atoms with E-state index in [0.717, 1.165) is 53.7 Å². The number of anilines is 2. The van der Waals surface area contributed by atoms with E-state index in [1.165, 1.54) is 11.3 Å². The van der Waals surface area contributed by atoms with Gasteiger partial charge in [0.25, 0.3) is 0 Å². The summed E-state index contributed by atoms with van der Waals surface area (Å²) in [6.45, 7) is 5.01. The van der Waals surface area contributed by atoms with Crippen LogP contribution in [0.3, 0.4) is 0 Å². The first-order valence-corrected chi connectivity index (χ1v) is 10.4. The second kappa shape index (κ2) is 7.90. The lowest BCUT2D eigenvalue weighted by Gasteiger charge is -2.33. The molecule has 1 aliphatic rings. The average Bonchev–Trinajstić information content (AvgIpc) is 3.09. The van der Waals surface area contributed by atoms with E-state index in [2.05, 4.69) is 73.4 Å². The van der Waals surface area contributed by atoms with E-state index in [1.54, 1.807) is 0 Å². The minimum absolute atomic E-state index is 0.224. The third kappa shape index (κ3) is 3.82. The van der Waals surface area contributed by atoms with Crippen LogP contribution < -0.4 is 16.0 Å². The van der Waals surface area contributed by atoms with Gasteiger partial charge in [-0.25, -0.2) is 4.98 Å². The molecule has 0 amide bonds. The number of fused-ring (bicyclic) bond motifs is 1. The molecule has 2 aromatic heterocycles. The molecule has 1 unspecified atom stereocenters. The highest BCUT2D eigenvalue weighted by atomic mass is 79.9. The Balaban J connectivity index is 1.63. The molecule has 1 fully saturated rings. The normalized spacial score (nSPS) is 18.6. The van der Waals surface area contributed by atoms with E-state index in [9.17, 15) is 0 Å². The number of rotatable bonds is 5. The fraction of sp³-hybridized carbons (Fsp3) is 0.381. The summed E-state index contributed by atoms with van der Waals surface area (Å²) in [7, 11) is 0. The Bertz CT molecular complexity index is 908. The van der Waals surface area contributed by atoms with Crippen molar-refractivity contribution in [3.8, 4) is 0 Å². The van der Waals surface area contributed by atoms with Crippen molar-refractivity contribution in [3.63, 3.8) is 0 Å². The molecule has 0 bridgehead atoms. The van der Waals surface area contributed by atoms with Gasteiger partial charge in [-0.1, -0.05) is 37.3 Å². The molecule has 1 aromatic carbocycles. The minimum atomic E-state index is 0.224. The van der Waals surface area contributed by atoms with E-state index in [1.807, 2.05) is 12.4 Å². The number of aromatic nitrogens is 2. The molecular weight excluding hydrogens is 402 g/mol. The van der Waals surface area contributed by atoms with Gasteiger partial charge in [0.15, 0.2) is 0 Å². The van der Waals surface area contributed by atoms with E-state index in [-0.39, 0.29) is 6.04 Å². The van der Waals surface area contributed by atoms with Gasteiger partial charge in [0, 0.05) is 38.1 Å². The Kier molecular flexibility index (Phi) is 5.36. The van der Waals surface area contributed by atoms with Crippen molar-refractivity contribution in [1.29, 1.82) is 0 Å². The number of nitrogens with zero attached hydrogens (tertiary/aromatic N) is 2. The van der Waals surface area contributed by atoms with Gasteiger partial charge in [-0.3, -0.25) is 0 Å². The van der Waals surface area contributed by atoms with Crippen molar-refractivity contribution in [3.05, 3.63) is 52.8 Å². The van der Waals surface area contributed by atoms with E-state index < -0.39 is 0 Å². The van der Waals surface area contributed by atoms with E-state index in [0.29, 0.717) is 5.92 Å². The van der Waals surface area contributed by atoms with Crippen molar-refractivity contribution >= 4 is 38.3 Å². The van der Waals surface area contributed by atoms with Gasteiger partial charge in [-0.15, -0.1) is 0 Å². The predicted octanol–water partition coefficient (Wildman–Crippen LogP) is 4.47. The van der Waals surface area contributed by atoms with Crippen LogP contribution in [-0.4, -0.2) is 35.6 Å². The number of halogens is 1. The highest BCUT2D eigenvalue weighted by Gasteiger charge is 2.23. The van der Waals surface area contributed by atoms with Crippen LogP contribution in [0.25, 0.3) is 11.0 Å². The summed E-state index contributed by atoms with van der Waals surface area (Å²) in [5, 5.41) is 4.77. The Morgan fingerprint density at radius 2 is 2.19 bits per heavy atom. The number of nitrogens with two attached hydrogens (primary N) is 1.